The predicted octanol–water partition coefficient (Wildman–Crippen LogP) is 3.87. The average molecular weight is 336 g/mol. The van der Waals surface area contributed by atoms with Crippen LogP contribution in [0.15, 0.2) is 29.2 Å². The smallest absolute Gasteiger partial charge is 0.222 e. The SMILES string of the molecule is N#CCCN(CCC#N)C(=O)CCCSc1ccc(Cl)cc1. The molecule has 6 heteroatoms. The molecule has 0 saturated heterocycles. The van der Waals surface area contributed by atoms with Gasteiger partial charge in [-0.15, -0.1) is 11.8 Å². The molecule has 0 fully saturated rings. The van der Waals surface area contributed by atoms with Gasteiger partial charge in [0.1, 0.15) is 0 Å². The molecule has 4 nitrogen and oxygen atoms in total. The van der Waals surface area contributed by atoms with E-state index < -0.39 is 0 Å². The van der Waals surface area contributed by atoms with Crippen LogP contribution in [0.1, 0.15) is 25.7 Å². The Morgan fingerprint density at radius 1 is 1.14 bits per heavy atom. The largest absolute Gasteiger partial charge is 0.341 e. The molecule has 0 N–H and O–H groups in total. The maximum atomic E-state index is 12.1. The zero-order chi connectivity index (χ0) is 16.2. The summed E-state index contributed by atoms with van der Waals surface area (Å²) in [4.78, 5) is 14.8. The van der Waals surface area contributed by atoms with E-state index in [1.165, 1.54) is 0 Å². The molecule has 1 rings (SSSR count). The van der Waals surface area contributed by atoms with Crippen LogP contribution in [0.3, 0.4) is 0 Å². The van der Waals surface area contributed by atoms with E-state index >= 15 is 0 Å². The standard InChI is InChI=1S/C16H18ClN3OS/c17-14-5-7-15(8-6-14)22-13-1-4-16(21)20(11-2-9-18)12-3-10-19/h5-8H,1-4,11-13H2. The highest BCUT2D eigenvalue weighted by atomic mass is 35.5. The Morgan fingerprint density at radius 3 is 2.27 bits per heavy atom. The van der Waals surface area contributed by atoms with Gasteiger partial charge in [0, 0.05) is 29.4 Å². The summed E-state index contributed by atoms with van der Waals surface area (Å²) in [7, 11) is 0. The Bertz CT molecular complexity index is 530. The first-order valence-corrected chi connectivity index (χ1v) is 8.43. The number of amides is 1. The van der Waals surface area contributed by atoms with Crippen LogP contribution in [0.5, 0.6) is 0 Å². The molecule has 0 heterocycles. The van der Waals surface area contributed by atoms with Gasteiger partial charge in [0.25, 0.3) is 0 Å². The van der Waals surface area contributed by atoms with Gasteiger partial charge in [-0.2, -0.15) is 10.5 Å². The van der Waals surface area contributed by atoms with E-state index in [2.05, 4.69) is 0 Å². The molecule has 0 saturated carbocycles. The number of carbonyl (C=O) groups is 1. The average Bonchev–Trinajstić information content (AvgIpc) is 2.53. The van der Waals surface area contributed by atoms with Gasteiger partial charge < -0.3 is 4.90 Å². The molecule has 0 aliphatic heterocycles. The minimum Gasteiger partial charge on any atom is -0.341 e. The summed E-state index contributed by atoms with van der Waals surface area (Å²) < 4.78 is 0. The molecule has 0 spiro atoms. The van der Waals surface area contributed by atoms with Crippen molar-refractivity contribution in [2.24, 2.45) is 0 Å². The van der Waals surface area contributed by atoms with Crippen molar-refractivity contribution in [1.82, 2.24) is 4.90 Å². The summed E-state index contributed by atoms with van der Waals surface area (Å²) in [5, 5.41) is 17.9. The lowest BCUT2D eigenvalue weighted by Gasteiger charge is -2.20. The third-order valence-corrected chi connectivity index (χ3v) is 4.31. The van der Waals surface area contributed by atoms with E-state index in [1.807, 2.05) is 36.4 Å². The number of benzene rings is 1. The van der Waals surface area contributed by atoms with Gasteiger partial charge >= 0.3 is 0 Å². The molecular weight excluding hydrogens is 318 g/mol. The minimum absolute atomic E-state index is 0.0159. The highest BCUT2D eigenvalue weighted by Crippen LogP contribution is 2.21. The van der Waals surface area contributed by atoms with E-state index in [0.29, 0.717) is 37.4 Å². The third kappa shape index (κ3) is 7.36. The quantitative estimate of drug-likeness (QED) is 0.507. The maximum absolute atomic E-state index is 12.1. The van der Waals surface area contributed by atoms with Crippen LogP contribution in [0.25, 0.3) is 0 Å². The minimum atomic E-state index is 0.0159. The fourth-order valence-electron chi connectivity index (χ4n) is 1.83. The molecule has 0 unspecified atom stereocenters. The number of hydrogen-bond donors (Lipinski definition) is 0. The van der Waals surface area contributed by atoms with Crippen molar-refractivity contribution < 1.29 is 4.79 Å². The first-order chi connectivity index (χ1) is 10.7. The van der Waals surface area contributed by atoms with Gasteiger partial charge in [-0.3, -0.25) is 4.79 Å². The van der Waals surface area contributed by atoms with Crippen molar-refractivity contribution in [2.45, 2.75) is 30.6 Å². The van der Waals surface area contributed by atoms with Gasteiger partial charge in [0.15, 0.2) is 0 Å². The Morgan fingerprint density at radius 2 is 1.73 bits per heavy atom. The number of hydrogen-bond acceptors (Lipinski definition) is 4. The lowest BCUT2D eigenvalue weighted by atomic mass is 10.2. The molecule has 0 radical (unpaired) electrons. The number of nitrogens with zero attached hydrogens (tertiary/aromatic N) is 3. The third-order valence-electron chi connectivity index (χ3n) is 2.96. The number of rotatable bonds is 9. The van der Waals surface area contributed by atoms with Crippen LogP contribution in [0, 0.1) is 22.7 Å². The van der Waals surface area contributed by atoms with Crippen molar-refractivity contribution in [3.8, 4) is 12.1 Å². The summed E-state index contributed by atoms with van der Waals surface area (Å²) in [6, 6.07) is 11.7. The van der Waals surface area contributed by atoms with Crippen molar-refractivity contribution in [3.05, 3.63) is 29.3 Å². The summed E-state index contributed by atoms with van der Waals surface area (Å²) in [6.45, 7) is 0.808. The van der Waals surface area contributed by atoms with Gasteiger partial charge in [-0.1, -0.05) is 11.6 Å². The van der Waals surface area contributed by atoms with E-state index in [1.54, 1.807) is 16.7 Å². The summed E-state index contributed by atoms with van der Waals surface area (Å²) in [6.07, 6.45) is 1.81. The van der Waals surface area contributed by atoms with Gasteiger partial charge in [0.2, 0.25) is 5.91 Å². The van der Waals surface area contributed by atoms with Crippen molar-refractivity contribution in [2.75, 3.05) is 18.8 Å². The normalized spacial score (nSPS) is 9.77. The highest BCUT2D eigenvalue weighted by Gasteiger charge is 2.12. The number of thioether (sulfide) groups is 1. The van der Waals surface area contributed by atoms with Crippen LogP contribution in [0.4, 0.5) is 0 Å². The summed E-state index contributed by atoms with van der Waals surface area (Å²) in [5.41, 5.74) is 0. The lowest BCUT2D eigenvalue weighted by Crippen LogP contribution is -2.32. The second-order valence-corrected chi connectivity index (χ2v) is 6.21. The molecule has 0 aliphatic carbocycles. The summed E-state index contributed by atoms with van der Waals surface area (Å²) in [5.74, 6) is 0.861. The Balaban J connectivity index is 2.31. The van der Waals surface area contributed by atoms with Gasteiger partial charge in [-0.05, 0) is 36.4 Å². The van der Waals surface area contributed by atoms with Crippen LogP contribution >= 0.6 is 23.4 Å². The molecule has 1 aromatic rings. The van der Waals surface area contributed by atoms with E-state index in [0.717, 1.165) is 17.1 Å². The lowest BCUT2D eigenvalue weighted by molar-refractivity contribution is -0.131. The first-order valence-electron chi connectivity index (χ1n) is 7.07. The topological polar surface area (TPSA) is 67.9 Å². The van der Waals surface area contributed by atoms with E-state index in [4.69, 9.17) is 22.1 Å². The Hall–Kier alpha value is -1.69. The fourth-order valence-corrected chi connectivity index (χ4v) is 2.81. The van der Waals surface area contributed by atoms with Crippen LogP contribution in [-0.4, -0.2) is 29.6 Å². The van der Waals surface area contributed by atoms with Crippen molar-refractivity contribution in [1.29, 1.82) is 10.5 Å². The molecule has 1 amide bonds. The monoisotopic (exact) mass is 335 g/mol. The predicted molar refractivity (Wildman–Crippen MR) is 88.5 cm³/mol. The van der Waals surface area contributed by atoms with Crippen molar-refractivity contribution in [3.63, 3.8) is 0 Å². The maximum Gasteiger partial charge on any atom is 0.222 e. The van der Waals surface area contributed by atoms with Crippen LogP contribution in [0.2, 0.25) is 5.02 Å². The molecular formula is C16H18ClN3OS. The van der Waals surface area contributed by atoms with Gasteiger partial charge in [0.05, 0.1) is 25.0 Å². The van der Waals surface area contributed by atoms with Crippen LogP contribution < -0.4 is 0 Å². The number of nitriles is 2. The number of halogens is 1. The molecule has 22 heavy (non-hydrogen) atoms. The molecule has 0 atom stereocenters. The molecule has 0 aliphatic rings. The van der Waals surface area contributed by atoms with Gasteiger partial charge in [-0.25, -0.2) is 0 Å². The number of carbonyl (C=O) groups excluding carboxylic acids is 1. The fraction of sp³-hybridized carbons (Fsp3) is 0.438. The highest BCUT2D eigenvalue weighted by molar-refractivity contribution is 7.99. The van der Waals surface area contributed by atoms with Crippen LogP contribution in [-0.2, 0) is 4.79 Å². The first kappa shape index (κ1) is 18.4. The van der Waals surface area contributed by atoms with Crippen molar-refractivity contribution >= 4 is 29.3 Å². The Kier molecular flexibility index (Phi) is 9.14. The second kappa shape index (κ2) is 11.0. The van der Waals surface area contributed by atoms with E-state index in [-0.39, 0.29) is 5.91 Å². The molecule has 0 aromatic heterocycles. The Labute approximate surface area is 140 Å². The zero-order valence-electron chi connectivity index (χ0n) is 12.3. The molecule has 1 aromatic carbocycles. The summed E-state index contributed by atoms with van der Waals surface area (Å²) >= 11 is 7.51. The second-order valence-electron chi connectivity index (χ2n) is 4.60. The van der Waals surface area contributed by atoms with E-state index in [9.17, 15) is 4.79 Å². The molecule has 116 valence electrons. The molecule has 0 bridgehead atoms. The zero-order valence-corrected chi connectivity index (χ0v) is 13.9.